The largest absolute Gasteiger partial charge is 0.478 e. The molecule has 116 valence electrons. The minimum atomic E-state index is -1.13. The molecule has 2 aromatic rings. The van der Waals surface area contributed by atoms with E-state index in [0.29, 0.717) is 18.1 Å². The molecule has 0 spiro atoms. The molecule has 0 radical (unpaired) electrons. The highest BCUT2D eigenvalue weighted by Gasteiger charge is 2.15. The van der Waals surface area contributed by atoms with Crippen molar-refractivity contribution in [3.05, 3.63) is 58.2 Å². The number of hydrogen-bond donors (Lipinski definition) is 1. The van der Waals surface area contributed by atoms with Gasteiger partial charge in [0.05, 0.1) is 17.2 Å². The van der Waals surface area contributed by atoms with E-state index >= 15 is 0 Å². The highest BCUT2D eigenvalue weighted by Crippen LogP contribution is 2.20. The maximum atomic E-state index is 13.2. The topological polar surface area (TPSA) is 51.2 Å². The van der Waals surface area contributed by atoms with Crippen LogP contribution >= 0.6 is 11.6 Å². The summed E-state index contributed by atoms with van der Waals surface area (Å²) in [5.41, 5.74) is 0.527. The van der Waals surface area contributed by atoms with Crippen LogP contribution in [0.3, 0.4) is 0 Å². The van der Waals surface area contributed by atoms with E-state index in [-0.39, 0.29) is 17.1 Å². The zero-order valence-electron chi connectivity index (χ0n) is 11.7. The normalized spacial score (nSPS) is 10.4. The number of benzene rings is 1. The minimum absolute atomic E-state index is 0.122. The van der Waals surface area contributed by atoms with E-state index in [0.717, 1.165) is 12.1 Å². The number of aromatic nitrogens is 1. The van der Waals surface area contributed by atoms with Gasteiger partial charge in [0.1, 0.15) is 0 Å². The lowest BCUT2D eigenvalue weighted by Crippen LogP contribution is -2.24. The first-order chi connectivity index (χ1) is 10.5. The molecule has 0 unspecified atom stereocenters. The molecule has 1 aromatic heterocycles. The summed E-state index contributed by atoms with van der Waals surface area (Å²) in [6, 6.07) is 4.97. The zero-order chi connectivity index (χ0) is 16.1. The number of rotatable bonds is 5. The highest BCUT2D eigenvalue weighted by molar-refractivity contribution is 6.33. The molecule has 0 atom stereocenters. The summed E-state index contributed by atoms with van der Waals surface area (Å²) in [7, 11) is 0. The minimum Gasteiger partial charge on any atom is -0.478 e. The summed E-state index contributed by atoms with van der Waals surface area (Å²) < 4.78 is 31.5. The van der Waals surface area contributed by atoms with E-state index in [1.54, 1.807) is 18.3 Å². The molecular weight excluding hydrogens is 314 g/mol. The molecule has 1 N–H and O–H groups in total. The van der Waals surface area contributed by atoms with Gasteiger partial charge in [-0.15, -0.1) is 0 Å². The van der Waals surface area contributed by atoms with Crippen molar-refractivity contribution in [2.75, 3.05) is 6.61 Å². The molecular formula is C15H13ClF2N2O2. The van der Waals surface area contributed by atoms with Crippen LogP contribution in [0.5, 0.6) is 5.88 Å². The van der Waals surface area contributed by atoms with Crippen molar-refractivity contribution in [3.63, 3.8) is 0 Å². The van der Waals surface area contributed by atoms with E-state index in [2.05, 4.69) is 10.3 Å². The number of pyridine rings is 1. The second-order valence-corrected chi connectivity index (χ2v) is 4.74. The number of nitrogens with one attached hydrogen (secondary N) is 1. The molecule has 0 saturated carbocycles. The molecule has 7 heteroatoms. The van der Waals surface area contributed by atoms with Gasteiger partial charge in [0, 0.05) is 18.3 Å². The average molecular weight is 327 g/mol. The maximum absolute atomic E-state index is 13.2. The lowest BCUT2D eigenvalue weighted by atomic mass is 10.2. The van der Waals surface area contributed by atoms with E-state index < -0.39 is 17.5 Å². The molecule has 1 amide bonds. The van der Waals surface area contributed by atoms with Crippen LogP contribution in [0.1, 0.15) is 22.8 Å². The Bertz CT molecular complexity index is 695. The number of carbonyl (C=O) groups is 1. The van der Waals surface area contributed by atoms with Crippen LogP contribution in [0.4, 0.5) is 8.78 Å². The van der Waals surface area contributed by atoms with Gasteiger partial charge in [0.2, 0.25) is 5.88 Å². The lowest BCUT2D eigenvalue weighted by Gasteiger charge is -2.10. The van der Waals surface area contributed by atoms with Gasteiger partial charge in [0.15, 0.2) is 11.6 Å². The SMILES string of the molecule is CCOc1ncccc1CNC(=O)c1cc(F)c(F)cc1Cl. The summed E-state index contributed by atoms with van der Waals surface area (Å²) in [5, 5.41) is 2.41. The summed E-state index contributed by atoms with van der Waals surface area (Å²) >= 11 is 5.75. The van der Waals surface area contributed by atoms with Gasteiger partial charge in [0.25, 0.3) is 5.91 Å². The quantitative estimate of drug-likeness (QED) is 0.857. The Balaban J connectivity index is 2.12. The molecule has 2 rings (SSSR count). The summed E-state index contributed by atoms with van der Waals surface area (Å²) in [6.07, 6.45) is 1.57. The fraction of sp³-hybridized carbons (Fsp3) is 0.200. The maximum Gasteiger partial charge on any atom is 0.253 e. The summed E-state index contributed by atoms with van der Waals surface area (Å²) in [5.74, 6) is -2.45. The molecule has 0 aliphatic carbocycles. The van der Waals surface area contributed by atoms with Crippen LogP contribution in [0.25, 0.3) is 0 Å². The van der Waals surface area contributed by atoms with Crippen molar-refractivity contribution < 1.29 is 18.3 Å². The number of nitrogens with zero attached hydrogens (tertiary/aromatic N) is 1. The Kier molecular flexibility index (Phi) is 5.27. The predicted molar refractivity (Wildman–Crippen MR) is 77.9 cm³/mol. The van der Waals surface area contributed by atoms with Crippen molar-refractivity contribution in [1.29, 1.82) is 0 Å². The van der Waals surface area contributed by atoms with Gasteiger partial charge < -0.3 is 10.1 Å². The number of hydrogen-bond acceptors (Lipinski definition) is 3. The third-order valence-electron chi connectivity index (χ3n) is 2.83. The van der Waals surface area contributed by atoms with Gasteiger partial charge in [-0.05, 0) is 25.1 Å². The Morgan fingerprint density at radius 3 is 2.82 bits per heavy atom. The van der Waals surface area contributed by atoms with Gasteiger partial charge in [-0.25, -0.2) is 13.8 Å². The fourth-order valence-electron chi connectivity index (χ4n) is 1.79. The van der Waals surface area contributed by atoms with Crippen LogP contribution in [0.15, 0.2) is 30.5 Å². The number of carbonyl (C=O) groups excluding carboxylic acids is 1. The van der Waals surface area contributed by atoms with Crippen molar-refractivity contribution in [1.82, 2.24) is 10.3 Å². The van der Waals surface area contributed by atoms with Crippen LogP contribution in [0.2, 0.25) is 5.02 Å². The van der Waals surface area contributed by atoms with Crippen molar-refractivity contribution >= 4 is 17.5 Å². The van der Waals surface area contributed by atoms with E-state index in [9.17, 15) is 13.6 Å². The molecule has 0 fully saturated rings. The standard InChI is InChI=1S/C15H13ClF2N2O2/c1-2-22-15-9(4-3-5-19-15)8-20-14(21)10-6-12(17)13(18)7-11(10)16/h3-7H,2,8H2,1H3,(H,20,21). The van der Waals surface area contributed by atoms with E-state index in [1.165, 1.54) is 0 Å². The Morgan fingerprint density at radius 2 is 2.09 bits per heavy atom. The predicted octanol–water partition coefficient (Wildman–Crippen LogP) is 3.34. The van der Waals surface area contributed by atoms with Crippen molar-refractivity contribution in [3.8, 4) is 5.88 Å². The number of halogens is 3. The Labute approximate surface area is 131 Å². The summed E-state index contributed by atoms with van der Waals surface area (Å²) in [6.45, 7) is 2.38. The zero-order valence-corrected chi connectivity index (χ0v) is 12.5. The summed E-state index contributed by atoms with van der Waals surface area (Å²) in [4.78, 5) is 16.1. The average Bonchev–Trinajstić information content (AvgIpc) is 2.50. The molecule has 0 aliphatic heterocycles. The lowest BCUT2D eigenvalue weighted by molar-refractivity contribution is 0.0950. The number of ether oxygens (including phenoxy) is 1. The molecule has 0 aliphatic rings. The van der Waals surface area contributed by atoms with Crippen LogP contribution in [-0.4, -0.2) is 17.5 Å². The van der Waals surface area contributed by atoms with Gasteiger partial charge in [-0.3, -0.25) is 4.79 Å². The monoisotopic (exact) mass is 326 g/mol. The van der Waals surface area contributed by atoms with E-state index in [1.807, 2.05) is 6.92 Å². The first kappa shape index (κ1) is 16.2. The first-order valence-electron chi connectivity index (χ1n) is 6.52. The number of amides is 1. The second kappa shape index (κ2) is 7.17. The first-order valence-corrected chi connectivity index (χ1v) is 6.90. The molecule has 1 heterocycles. The molecule has 0 bridgehead atoms. The fourth-order valence-corrected chi connectivity index (χ4v) is 2.03. The van der Waals surface area contributed by atoms with Crippen LogP contribution in [-0.2, 0) is 6.54 Å². The highest BCUT2D eigenvalue weighted by atomic mass is 35.5. The van der Waals surface area contributed by atoms with Crippen LogP contribution in [0, 0.1) is 11.6 Å². The van der Waals surface area contributed by atoms with Gasteiger partial charge >= 0.3 is 0 Å². The third kappa shape index (κ3) is 3.71. The third-order valence-corrected chi connectivity index (χ3v) is 3.14. The Morgan fingerprint density at radius 1 is 1.36 bits per heavy atom. The molecule has 4 nitrogen and oxygen atoms in total. The van der Waals surface area contributed by atoms with Crippen molar-refractivity contribution in [2.24, 2.45) is 0 Å². The van der Waals surface area contributed by atoms with Crippen LogP contribution < -0.4 is 10.1 Å². The van der Waals surface area contributed by atoms with Gasteiger partial charge in [-0.2, -0.15) is 0 Å². The molecule has 1 aromatic carbocycles. The van der Waals surface area contributed by atoms with Crippen molar-refractivity contribution in [2.45, 2.75) is 13.5 Å². The van der Waals surface area contributed by atoms with Gasteiger partial charge in [-0.1, -0.05) is 17.7 Å². The van der Waals surface area contributed by atoms with E-state index in [4.69, 9.17) is 16.3 Å². The Hall–Kier alpha value is -2.21. The smallest absolute Gasteiger partial charge is 0.253 e. The molecule has 0 saturated heterocycles. The molecule has 22 heavy (non-hydrogen) atoms. The second-order valence-electron chi connectivity index (χ2n) is 4.33.